The Morgan fingerprint density at radius 3 is 2.45 bits per heavy atom. The van der Waals surface area contributed by atoms with Crippen LogP contribution in [0.15, 0.2) is 83.8 Å². The molecule has 0 atom stereocenters. The number of anilines is 1. The summed E-state index contributed by atoms with van der Waals surface area (Å²) in [5, 5.41) is 7.33. The van der Waals surface area contributed by atoms with Crippen LogP contribution in [0, 0.1) is 0 Å². The third-order valence-corrected chi connectivity index (χ3v) is 6.84. The average Bonchev–Trinajstić information content (AvgIpc) is 2.82. The largest absolute Gasteiger partial charge is 0.362 e. The van der Waals surface area contributed by atoms with Crippen LogP contribution < -0.4 is 10.6 Å². The SMILES string of the molecule is S=C(NCCCN1CCc2ccccc2C1)Nc1ccc(CSc2ccccc2)cc1. The number of fused-ring (bicyclic) bond motifs is 1. The molecule has 0 spiro atoms. The van der Waals surface area contributed by atoms with Gasteiger partial charge in [0.05, 0.1) is 0 Å². The molecule has 3 aromatic rings. The van der Waals surface area contributed by atoms with E-state index in [9.17, 15) is 0 Å². The molecule has 3 aromatic carbocycles. The lowest BCUT2D eigenvalue weighted by Crippen LogP contribution is -2.34. The molecule has 160 valence electrons. The number of thioether (sulfide) groups is 1. The standard InChI is InChI=1S/C26H29N3S2/c30-26(27-16-6-17-29-18-15-22-7-4-5-8-23(22)19-29)28-24-13-11-21(12-14-24)20-31-25-9-2-1-3-10-25/h1-5,7-14H,6,15-20H2,(H2,27,28,30). The fourth-order valence-electron chi connectivity index (χ4n) is 3.79. The number of thiocarbonyl (C=S) groups is 1. The molecule has 0 saturated heterocycles. The molecule has 0 aromatic heterocycles. The van der Waals surface area contributed by atoms with Crippen molar-refractivity contribution in [2.75, 3.05) is 25.0 Å². The molecule has 3 nitrogen and oxygen atoms in total. The van der Waals surface area contributed by atoms with Gasteiger partial charge in [-0.25, -0.2) is 0 Å². The van der Waals surface area contributed by atoms with E-state index in [1.165, 1.54) is 21.6 Å². The van der Waals surface area contributed by atoms with Crippen molar-refractivity contribution in [3.05, 3.63) is 95.6 Å². The lowest BCUT2D eigenvalue weighted by molar-refractivity contribution is 0.251. The van der Waals surface area contributed by atoms with Crippen molar-refractivity contribution in [3.8, 4) is 0 Å². The molecular weight excluding hydrogens is 418 g/mol. The summed E-state index contributed by atoms with van der Waals surface area (Å²) in [7, 11) is 0. The summed E-state index contributed by atoms with van der Waals surface area (Å²) < 4.78 is 0. The maximum Gasteiger partial charge on any atom is 0.170 e. The zero-order valence-corrected chi connectivity index (χ0v) is 19.4. The highest BCUT2D eigenvalue weighted by atomic mass is 32.2. The van der Waals surface area contributed by atoms with Crippen LogP contribution in [0.4, 0.5) is 5.69 Å². The summed E-state index contributed by atoms with van der Waals surface area (Å²) >= 11 is 7.32. The Hall–Kier alpha value is -2.34. The van der Waals surface area contributed by atoms with Crippen molar-refractivity contribution in [2.24, 2.45) is 0 Å². The molecule has 1 aliphatic rings. The molecule has 1 aliphatic heterocycles. The second-order valence-corrected chi connectivity index (χ2v) is 9.28. The van der Waals surface area contributed by atoms with Gasteiger partial charge >= 0.3 is 0 Å². The van der Waals surface area contributed by atoms with Gasteiger partial charge in [-0.3, -0.25) is 4.90 Å². The first kappa shape index (κ1) is 21.9. The minimum atomic E-state index is 0.690. The van der Waals surface area contributed by atoms with Crippen molar-refractivity contribution < 1.29 is 0 Å². The summed E-state index contributed by atoms with van der Waals surface area (Å²) in [6.45, 7) is 4.19. The van der Waals surface area contributed by atoms with Crippen molar-refractivity contribution in [2.45, 2.75) is 30.0 Å². The molecule has 4 rings (SSSR count). The summed E-state index contributed by atoms with van der Waals surface area (Å²) in [5.41, 5.74) is 5.32. The zero-order valence-electron chi connectivity index (χ0n) is 17.7. The first-order valence-electron chi connectivity index (χ1n) is 10.9. The minimum Gasteiger partial charge on any atom is -0.362 e. The van der Waals surface area contributed by atoms with E-state index < -0.39 is 0 Å². The fourth-order valence-corrected chi connectivity index (χ4v) is 4.89. The Balaban J connectivity index is 1.13. The molecule has 0 saturated carbocycles. The van der Waals surface area contributed by atoms with Gasteiger partial charge in [-0.05, 0) is 66.0 Å². The normalized spacial score (nSPS) is 13.4. The Morgan fingerprint density at radius 2 is 1.65 bits per heavy atom. The van der Waals surface area contributed by atoms with Gasteiger partial charge in [-0.2, -0.15) is 0 Å². The highest BCUT2D eigenvalue weighted by Gasteiger charge is 2.14. The second-order valence-electron chi connectivity index (χ2n) is 7.83. The van der Waals surface area contributed by atoms with Crippen LogP contribution in [0.25, 0.3) is 0 Å². The first-order valence-corrected chi connectivity index (χ1v) is 12.3. The highest BCUT2D eigenvalue weighted by molar-refractivity contribution is 7.98. The number of nitrogens with one attached hydrogen (secondary N) is 2. The molecule has 0 fully saturated rings. The lowest BCUT2D eigenvalue weighted by Gasteiger charge is -2.28. The summed E-state index contributed by atoms with van der Waals surface area (Å²) in [6, 6.07) is 27.8. The number of rotatable bonds is 8. The van der Waals surface area contributed by atoms with E-state index in [1.807, 2.05) is 17.8 Å². The Labute approximate surface area is 195 Å². The number of nitrogens with zero attached hydrogens (tertiary/aromatic N) is 1. The number of hydrogen-bond donors (Lipinski definition) is 2. The molecule has 2 N–H and O–H groups in total. The van der Waals surface area contributed by atoms with E-state index in [2.05, 4.69) is 88.3 Å². The van der Waals surface area contributed by atoms with Crippen LogP contribution in [-0.4, -0.2) is 29.6 Å². The molecule has 0 aliphatic carbocycles. The second kappa shape index (κ2) is 11.3. The summed E-state index contributed by atoms with van der Waals surface area (Å²) in [6.07, 6.45) is 2.24. The van der Waals surface area contributed by atoms with E-state index in [0.717, 1.165) is 50.5 Å². The van der Waals surface area contributed by atoms with Crippen LogP contribution in [0.1, 0.15) is 23.1 Å². The first-order chi connectivity index (χ1) is 15.3. The van der Waals surface area contributed by atoms with Gasteiger partial charge < -0.3 is 10.6 Å². The number of hydrogen-bond acceptors (Lipinski definition) is 3. The van der Waals surface area contributed by atoms with Gasteiger partial charge in [0, 0.05) is 42.5 Å². The topological polar surface area (TPSA) is 27.3 Å². The lowest BCUT2D eigenvalue weighted by atomic mass is 10.00. The van der Waals surface area contributed by atoms with Crippen molar-refractivity contribution in [1.82, 2.24) is 10.2 Å². The third-order valence-electron chi connectivity index (χ3n) is 5.51. The van der Waals surface area contributed by atoms with E-state index in [-0.39, 0.29) is 0 Å². The molecular formula is C26H29N3S2. The summed E-state index contributed by atoms with van der Waals surface area (Å²) in [4.78, 5) is 3.83. The van der Waals surface area contributed by atoms with Crippen LogP contribution in [-0.2, 0) is 18.7 Å². The molecule has 31 heavy (non-hydrogen) atoms. The fraction of sp³-hybridized carbons (Fsp3) is 0.269. The number of benzene rings is 3. The van der Waals surface area contributed by atoms with Gasteiger partial charge in [-0.15, -0.1) is 11.8 Å². The minimum absolute atomic E-state index is 0.690. The van der Waals surface area contributed by atoms with E-state index in [1.54, 1.807) is 0 Å². The van der Waals surface area contributed by atoms with Gasteiger partial charge in [0.15, 0.2) is 5.11 Å². The molecule has 1 heterocycles. The molecule has 0 radical (unpaired) electrons. The predicted molar refractivity (Wildman–Crippen MR) is 137 cm³/mol. The Bertz CT molecular complexity index is 973. The third kappa shape index (κ3) is 6.82. The van der Waals surface area contributed by atoms with Gasteiger partial charge in [0.25, 0.3) is 0 Å². The monoisotopic (exact) mass is 447 g/mol. The van der Waals surface area contributed by atoms with E-state index >= 15 is 0 Å². The Morgan fingerprint density at radius 1 is 0.903 bits per heavy atom. The maximum absolute atomic E-state index is 5.47. The zero-order chi connectivity index (χ0) is 21.3. The van der Waals surface area contributed by atoms with Crippen LogP contribution in [0.3, 0.4) is 0 Å². The van der Waals surface area contributed by atoms with Crippen molar-refractivity contribution >= 4 is 34.8 Å². The van der Waals surface area contributed by atoms with Crippen LogP contribution in [0.2, 0.25) is 0 Å². The van der Waals surface area contributed by atoms with Crippen LogP contribution >= 0.6 is 24.0 Å². The molecule has 0 bridgehead atoms. The quantitative estimate of drug-likeness (QED) is 0.262. The molecule has 0 unspecified atom stereocenters. The maximum atomic E-state index is 5.47. The summed E-state index contributed by atoms with van der Waals surface area (Å²) in [5.74, 6) is 0.966. The average molecular weight is 448 g/mol. The van der Waals surface area contributed by atoms with E-state index in [0.29, 0.717) is 5.11 Å². The molecule has 5 heteroatoms. The smallest absolute Gasteiger partial charge is 0.170 e. The van der Waals surface area contributed by atoms with Gasteiger partial charge in [0.1, 0.15) is 0 Å². The predicted octanol–water partition coefficient (Wildman–Crippen LogP) is 5.71. The Kier molecular flexibility index (Phi) is 7.99. The molecule has 0 amide bonds. The van der Waals surface area contributed by atoms with Gasteiger partial charge in [-0.1, -0.05) is 54.6 Å². The van der Waals surface area contributed by atoms with Crippen molar-refractivity contribution in [3.63, 3.8) is 0 Å². The van der Waals surface area contributed by atoms with Crippen LogP contribution in [0.5, 0.6) is 0 Å². The van der Waals surface area contributed by atoms with Gasteiger partial charge in [0.2, 0.25) is 0 Å². The highest BCUT2D eigenvalue weighted by Crippen LogP contribution is 2.23. The van der Waals surface area contributed by atoms with Crippen molar-refractivity contribution in [1.29, 1.82) is 0 Å². The van der Waals surface area contributed by atoms with E-state index in [4.69, 9.17) is 12.2 Å².